The number of carbonyl (C=O) groups is 2. The molecule has 1 atom stereocenters. The van der Waals surface area contributed by atoms with Crippen LogP contribution in [0.5, 0.6) is 0 Å². The van der Waals surface area contributed by atoms with Gasteiger partial charge in [-0.2, -0.15) is 0 Å². The van der Waals surface area contributed by atoms with Gasteiger partial charge in [-0.3, -0.25) is 14.5 Å². The number of hydrogen-bond acceptors (Lipinski definition) is 6. The molecule has 172 valence electrons. The van der Waals surface area contributed by atoms with Crippen LogP contribution in [0, 0.1) is 6.92 Å². The molecule has 0 spiro atoms. The second kappa shape index (κ2) is 8.18. The van der Waals surface area contributed by atoms with Crippen LogP contribution in [0.4, 0.5) is 5.13 Å². The Morgan fingerprint density at radius 3 is 2.63 bits per heavy atom. The van der Waals surface area contributed by atoms with E-state index in [1.807, 2.05) is 67.6 Å². The van der Waals surface area contributed by atoms with Crippen molar-refractivity contribution >= 4 is 65.3 Å². The number of aromatic nitrogens is 1. The lowest BCUT2D eigenvalue weighted by Gasteiger charge is -2.24. The summed E-state index contributed by atoms with van der Waals surface area (Å²) in [4.78, 5) is 33.2. The summed E-state index contributed by atoms with van der Waals surface area (Å²) in [6.07, 6.45) is 0. The van der Waals surface area contributed by atoms with Crippen molar-refractivity contribution in [3.8, 4) is 0 Å². The first kappa shape index (κ1) is 21.8. The number of furan rings is 1. The van der Waals surface area contributed by atoms with Crippen LogP contribution < -0.4 is 4.90 Å². The van der Waals surface area contributed by atoms with E-state index in [0.29, 0.717) is 16.3 Å². The fourth-order valence-electron chi connectivity index (χ4n) is 4.34. The molecular formula is C27H17BrN2O4S. The van der Waals surface area contributed by atoms with Gasteiger partial charge in [0.15, 0.2) is 16.7 Å². The SMILES string of the molecule is Cc1ccc2nc(N3C(=O)C(O)=C(C(=O)c4cc5ccccc5o4)[C@@H]3c3ccc(Br)cc3)sc2c1. The molecule has 3 heterocycles. The van der Waals surface area contributed by atoms with Gasteiger partial charge in [-0.15, -0.1) is 0 Å². The molecule has 3 aromatic carbocycles. The van der Waals surface area contributed by atoms with Gasteiger partial charge in [0.25, 0.3) is 5.91 Å². The summed E-state index contributed by atoms with van der Waals surface area (Å²) in [5, 5.41) is 12.2. The van der Waals surface area contributed by atoms with Crippen LogP contribution in [0.3, 0.4) is 0 Å². The minimum Gasteiger partial charge on any atom is -0.503 e. The number of benzene rings is 3. The Kier molecular flexibility index (Phi) is 5.09. The van der Waals surface area contributed by atoms with Crippen LogP contribution in [-0.2, 0) is 4.79 Å². The maximum atomic E-state index is 13.7. The van der Waals surface area contributed by atoms with E-state index in [0.717, 1.165) is 25.6 Å². The number of nitrogens with zero attached hydrogens (tertiary/aromatic N) is 2. The van der Waals surface area contributed by atoms with Gasteiger partial charge in [0.05, 0.1) is 21.8 Å². The number of fused-ring (bicyclic) bond motifs is 2. The highest BCUT2D eigenvalue weighted by Gasteiger charge is 2.46. The number of amides is 1. The smallest absolute Gasteiger partial charge is 0.296 e. The van der Waals surface area contributed by atoms with Crippen molar-refractivity contribution in [2.24, 2.45) is 0 Å². The first-order chi connectivity index (χ1) is 16.9. The normalized spacial score (nSPS) is 16.1. The van der Waals surface area contributed by atoms with Crippen LogP contribution in [0.25, 0.3) is 21.2 Å². The third kappa shape index (κ3) is 3.57. The zero-order valence-electron chi connectivity index (χ0n) is 18.4. The largest absolute Gasteiger partial charge is 0.503 e. The molecule has 2 aromatic heterocycles. The molecule has 1 N–H and O–H groups in total. The predicted octanol–water partition coefficient (Wildman–Crippen LogP) is 6.90. The van der Waals surface area contributed by atoms with Crippen LogP contribution in [-0.4, -0.2) is 21.8 Å². The van der Waals surface area contributed by atoms with E-state index < -0.39 is 23.5 Å². The molecule has 1 aliphatic rings. The van der Waals surface area contributed by atoms with Gasteiger partial charge in [-0.1, -0.05) is 63.7 Å². The van der Waals surface area contributed by atoms with Crippen molar-refractivity contribution in [2.75, 3.05) is 4.90 Å². The number of aryl methyl sites for hydroxylation is 1. The topological polar surface area (TPSA) is 83.6 Å². The predicted molar refractivity (Wildman–Crippen MR) is 139 cm³/mol. The Balaban J connectivity index is 1.51. The van der Waals surface area contributed by atoms with Gasteiger partial charge in [-0.25, -0.2) is 4.98 Å². The Morgan fingerprint density at radius 2 is 1.86 bits per heavy atom. The highest BCUT2D eigenvalue weighted by atomic mass is 79.9. The number of carbonyl (C=O) groups excluding carboxylic acids is 2. The zero-order valence-corrected chi connectivity index (χ0v) is 20.8. The number of aliphatic hydroxyl groups excluding tert-OH is 1. The fourth-order valence-corrected chi connectivity index (χ4v) is 5.70. The lowest BCUT2D eigenvalue weighted by Crippen LogP contribution is -2.30. The second-order valence-electron chi connectivity index (χ2n) is 8.34. The molecule has 6 rings (SSSR count). The van der Waals surface area contributed by atoms with E-state index in [1.165, 1.54) is 16.2 Å². The molecule has 0 aliphatic carbocycles. The Morgan fingerprint density at radius 1 is 1.09 bits per heavy atom. The van der Waals surface area contributed by atoms with Crippen LogP contribution in [0.1, 0.15) is 27.7 Å². The lowest BCUT2D eigenvalue weighted by atomic mass is 9.95. The van der Waals surface area contributed by atoms with E-state index in [9.17, 15) is 14.7 Å². The molecule has 6 nitrogen and oxygen atoms in total. The highest BCUT2D eigenvalue weighted by molar-refractivity contribution is 9.10. The van der Waals surface area contributed by atoms with E-state index in [4.69, 9.17) is 4.42 Å². The molecule has 1 amide bonds. The molecule has 0 bridgehead atoms. The van der Waals surface area contributed by atoms with Crippen molar-refractivity contribution < 1.29 is 19.1 Å². The third-order valence-corrected chi connectivity index (χ3v) is 7.57. The van der Waals surface area contributed by atoms with Crippen molar-refractivity contribution in [3.05, 3.63) is 105 Å². The summed E-state index contributed by atoms with van der Waals surface area (Å²) in [6.45, 7) is 1.99. The summed E-state index contributed by atoms with van der Waals surface area (Å²) in [7, 11) is 0. The number of hydrogen-bond donors (Lipinski definition) is 1. The molecular weight excluding hydrogens is 528 g/mol. The fraction of sp³-hybridized carbons (Fsp3) is 0.0741. The number of rotatable bonds is 4. The standard InChI is InChI=1S/C27H17BrN2O4S/c1-14-6-11-18-21(12-14)35-27(29-18)30-23(15-7-9-17(28)10-8-15)22(25(32)26(30)33)24(31)20-13-16-4-2-3-5-19(16)34-20/h2-13,23,32H,1H3/t23-/m0/s1. The molecule has 1 aliphatic heterocycles. The van der Waals surface area contributed by atoms with Gasteiger partial charge >= 0.3 is 0 Å². The van der Waals surface area contributed by atoms with Gasteiger partial charge in [-0.05, 0) is 54.4 Å². The Bertz CT molecular complexity index is 1650. The van der Waals surface area contributed by atoms with Crippen LogP contribution in [0.15, 0.2) is 93.0 Å². The quantitative estimate of drug-likeness (QED) is 0.249. The number of halogens is 1. The Labute approximate surface area is 212 Å². The number of thiazole rings is 1. The van der Waals surface area contributed by atoms with Crippen molar-refractivity contribution in [2.45, 2.75) is 13.0 Å². The first-order valence-corrected chi connectivity index (χ1v) is 12.4. The van der Waals surface area contributed by atoms with E-state index in [1.54, 1.807) is 12.1 Å². The average molecular weight is 545 g/mol. The third-order valence-electron chi connectivity index (χ3n) is 6.03. The van der Waals surface area contributed by atoms with Crippen LogP contribution in [0.2, 0.25) is 0 Å². The van der Waals surface area contributed by atoms with E-state index in [-0.39, 0.29) is 11.3 Å². The van der Waals surface area contributed by atoms with E-state index in [2.05, 4.69) is 20.9 Å². The van der Waals surface area contributed by atoms with Crippen molar-refractivity contribution in [1.82, 2.24) is 4.98 Å². The number of aliphatic hydroxyl groups is 1. The summed E-state index contributed by atoms with van der Waals surface area (Å²) in [5.74, 6) is -1.75. The van der Waals surface area contributed by atoms with Gasteiger partial charge in [0.2, 0.25) is 5.78 Å². The van der Waals surface area contributed by atoms with Crippen molar-refractivity contribution in [3.63, 3.8) is 0 Å². The minimum atomic E-state index is -0.863. The summed E-state index contributed by atoms with van der Waals surface area (Å²) >= 11 is 4.78. The molecule has 0 saturated heterocycles. The van der Waals surface area contributed by atoms with Crippen LogP contribution >= 0.6 is 27.3 Å². The number of Topliss-reactive ketones (excluding diaryl/α,β-unsaturated/α-hetero) is 1. The lowest BCUT2D eigenvalue weighted by molar-refractivity contribution is -0.117. The zero-order chi connectivity index (χ0) is 24.3. The molecule has 8 heteroatoms. The maximum absolute atomic E-state index is 13.7. The number of ketones is 1. The van der Waals surface area contributed by atoms with Gasteiger partial charge in [0, 0.05) is 9.86 Å². The molecule has 0 saturated carbocycles. The molecule has 35 heavy (non-hydrogen) atoms. The first-order valence-electron chi connectivity index (χ1n) is 10.8. The Hall–Kier alpha value is -3.75. The molecule has 0 radical (unpaired) electrons. The molecule has 0 unspecified atom stereocenters. The summed E-state index contributed by atoms with van der Waals surface area (Å²) in [5.41, 5.74) is 3.01. The highest BCUT2D eigenvalue weighted by Crippen LogP contribution is 2.44. The van der Waals surface area contributed by atoms with Gasteiger partial charge < -0.3 is 9.52 Å². The minimum absolute atomic E-state index is 0.0354. The van der Waals surface area contributed by atoms with Crippen molar-refractivity contribution in [1.29, 1.82) is 0 Å². The van der Waals surface area contributed by atoms with Gasteiger partial charge in [0.1, 0.15) is 5.58 Å². The van der Waals surface area contributed by atoms with E-state index >= 15 is 0 Å². The molecule has 0 fully saturated rings. The average Bonchev–Trinajstić information content (AvgIpc) is 3.53. The number of para-hydroxylation sites is 1. The summed E-state index contributed by atoms with van der Waals surface area (Å²) in [6, 6.07) is 21.2. The number of anilines is 1. The summed E-state index contributed by atoms with van der Waals surface area (Å²) < 4.78 is 7.55. The second-order valence-corrected chi connectivity index (χ2v) is 10.3. The molecule has 5 aromatic rings. The maximum Gasteiger partial charge on any atom is 0.296 e. The monoisotopic (exact) mass is 544 g/mol.